The van der Waals surface area contributed by atoms with Gasteiger partial charge < -0.3 is 35.0 Å². The number of hydrogen-bond donors (Lipinski definition) is 5. The Morgan fingerprint density at radius 3 is 2.27 bits per heavy atom. The first kappa shape index (κ1) is 29.3. The molecule has 4 aliphatic rings. The maximum absolute atomic E-state index is 14.0. The Morgan fingerprint density at radius 2 is 1.70 bits per heavy atom. The van der Waals surface area contributed by atoms with E-state index in [9.17, 15) is 35.1 Å². The second-order valence-corrected chi connectivity index (χ2v) is 11.6. The average molecular weight is 730 g/mol. The minimum absolute atomic E-state index is 0. The van der Waals surface area contributed by atoms with Crippen molar-refractivity contribution in [3.8, 4) is 0 Å². The normalized spacial score (nSPS) is 44.3. The van der Waals surface area contributed by atoms with Crippen molar-refractivity contribution >= 4 is 11.8 Å². The van der Waals surface area contributed by atoms with Crippen molar-refractivity contribution < 1.29 is 88.7 Å². The molecule has 10 heteroatoms. The molecule has 3 fully saturated rings. The molecule has 5 N–H and O–H groups in total. The van der Waals surface area contributed by atoms with Crippen LogP contribution in [0.4, 0.5) is 0 Å². The first-order valence-corrected chi connectivity index (χ1v) is 12.3. The van der Waals surface area contributed by atoms with Gasteiger partial charge in [0, 0.05) is 68.2 Å². The number of rotatable bonds is 2. The molecule has 0 aromatic heterocycles. The number of aliphatic hydroxyl groups is 5. The first-order valence-electron chi connectivity index (χ1n) is 12.3. The zero-order valence-corrected chi connectivity index (χ0v) is 26.2. The molecule has 1 radical (unpaired) electrons. The smallest absolute Gasteiger partial charge is 0.338 e. The Kier molecular flexibility index (Phi) is 7.48. The van der Waals surface area contributed by atoms with Gasteiger partial charge in [-0.25, -0.2) is 4.79 Å². The molecular weight excluding hydrogens is 695 g/mol. The number of ketones is 1. The molecule has 1 aromatic carbocycles. The summed E-state index contributed by atoms with van der Waals surface area (Å²) in [4.78, 5) is 27.4. The van der Waals surface area contributed by atoms with Crippen LogP contribution < -0.4 is 0 Å². The zero-order chi connectivity index (χ0) is 26.4. The van der Waals surface area contributed by atoms with Gasteiger partial charge in [-0.3, -0.25) is 4.79 Å². The fourth-order valence-electron chi connectivity index (χ4n) is 7.26. The van der Waals surface area contributed by atoms with Gasteiger partial charge in [-0.05, 0) is 37.1 Å². The summed E-state index contributed by atoms with van der Waals surface area (Å²) in [6.45, 7) is 6.07. The molecule has 1 heterocycles. The maximum Gasteiger partial charge on any atom is 0.338 e. The van der Waals surface area contributed by atoms with E-state index >= 15 is 0 Å². The number of Topliss-reactive ketones (excluding diaryl/α,β-unsaturated/α-hetero) is 1. The van der Waals surface area contributed by atoms with Gasteiger partial charge in [-0.1, -0.05) is 32.0 Å². The Bertz CT molecular complexity index is 1140. The minimum atomic E-state index is -2.02. The van der Waals surface area contributed by atoms with Crippen LogP contribution in [0.1, 0.15) is 50.9 Å². The van der Waals surface area contributed by atoms with E-state index in [1.807, 2.05) is 0 Å². The van der Waals surface area contributed by atoms with Crippen molar-refractivity contribution in [1.82, 2.24) is 0 Å². The van der Waals surface area contributed by atoms with E-state index in [-0.39, 0.29) is 74.6 Å². The third-order valence-corrected chi connectivity index (χ3v) is 9.64. The van der Waals surface area contributed by atoms with Gasteiger partial charge in [0.1, 0.15) is 23.4 Å². The Labute approximate surface area is 251 Å². The molecule has 9 nitrogen and oxygen atoms in total. The number of carbonyl (C=O) groups is 2. The van der Waals surface area contributed by atoms with Crippen molar-refractivity contribution in [2.45, 2.75) is 82.3 Å². The summed E-state index contributed by atoms with van der Waals surface area (Å²) in [6, 6.07) is 8.12. The van der Waals surface area contributed by atoms with Crippen LogP contribution in [0.5, 0.6) is 0 Å². The fourth-order valence-corrected chi connectivity index (χ4v) is 7.26. The van der Waals surface area contributed by atoms with E-state index in [0.717, 1.165) is 0 Å². The molecule has 9 atom stereocenters. The predicted molar refractivity (Wildman–Crippen MR) is 126 cm³/mol. The number of esters is 1. The van der Waals surface area contributed by atoms with Crippen LogP contribution in [0.3, 0.4) is 0 Å². The van der Waals surface area contributed by atoms with Crippen LogP contribution in [0.15, 0.2) is 41.5 Å². The van der Waals surface area contributed by atoms with Crippen LogP contribution in [0.25, 0.3) is 0 Å². The van der Waals surface area contributed by atoms with Gasteiger partial charge in [0.25, 0.3) is 0 Å². The molecule has 5 rings (SSSR count). The largest absolute Gasteiger partial charge is 0.455 e. The van der Waals surface area contributed by atoms with Crippen LogP contribution in [-0.4, -0.2) is 85.6 Å². The van der Waals surface area contributed by atoms with Crippen molar-refractivity contribution in [3.63, 3.8) is 0 Å². The summed E-state index contributed by atoms with van der Waals surface area (Å²) in [5, 5.41) is 57.9. The quantitative estimate of drug-likeness (QED) is 0.217. The van der Waals surface area contributed by atoms with E-state index in [4.69, 9.17) is 9.47 Å². The van der Waals surface area contributed by atoms with Crippen molar-refractivity contribution in [3.05, 3.63) is 47.0 Å². The third kappa shape index (κ3) is 3.81. The summed E-state index contributed by atoms with van der Waals surface area (Å²) >= 11 is 0. The second-order valence-electron chi connectivity index (χ2n) is 11.6. The fraction of sp³-hybridized carbons (Fsp3) is 0.630. The topological polar surface area (TPSA) is 154 Å². The molecule has 2 bridgehead atoms. The Balaban J connectivity index is 0.00000320. The summed E-state index contributed by atoms with van der Waals surface area (Å²) in [7, 11) is 0. The van der Waals surface area contributed by atoms with Gasteiger partial charge >= 0.3 is 5.97 Å². The molecule has 3 aliphatic carbocycles. The molecule has 1 aliphatic heterocycles. The standard InChI is InChI=1S/C27H34O9.Ac/c1-13-15(28)11-27(34)22(36-23(32)14-8-6-5-7-9-14)20-25(4,16(29)10-17-26(20,33)12-35-17)21(31)19(30)18(13)24(27,2)3;/h5-9,15-17,19-20,22,28-30,33-34H,10-12H2,1-4H3;/t15-,16-,17+,19+,20-,22?,25+,26-,27+;/m0./s1. The molecule has 1 saturated heterocycles. The second kappa shape index (κ2) is 9.45. The number of aliphatic hydroxyl groups excluding tert-OH is 3. The SMILES string of the molecule is CC1=C2[C@@H](O)C(=O)[C@@]3(C)[C@H](C(OC(=O)c4ccccc4)[C@](O)(C[C@@H]1O)C2(C)C)[C@]1(O)CO[C@@H]1C[C@@H]3O.[Ac]. The van der Waals surface area contributed by atoms with E-state index in [1.165, 1.54) is 6.92 Å². The maximum atomic E-state index is 14.0. The van der Waals surface area contributed by atoms with Crippen molar-refractivity contribution in [1.29, 1.82) is 0 Å². The third-order valence-electron chi connectivity index (χ3n) is 9.64. The molecule has 1 aromatic rings. The van der Waals surface area contributed by atoms with E-state index in [0.29, 0.717) is 5.57 Å². The summed E-state index contributed by atoms with van der Waals surface area (Å²) in [5.74, 6) is -2.89. The molecule has 2 saturated carbocycles. The van der Waals surface area contributed by atoms with E-state index in [1.54, 1.807) is 51.1 Å². The van der Waals surface area contributed by atoms with Gasteiger partial charge in [-0.15, -0.1) is 0 Å². The van der Waals surface area contributed by atoms with Gasteiger partial charge in [0.15, 0.2) is 5.78 Å². The van der Waals surface area contributed by atoms with Gasteiger partial charge in [0.05, 0.1) is 35.9 Å². The Morgan fingerprint density at radius 1 is 1.08 bits per heavy atom. The zero-order valence-electron chi connectivity index (χ0n) is 21.4. The predicted octanol–water partition coefficient (Wildman–Crippen LogP) is 0.511. The molecule has 37 heavy (non-hydrogen) atoms. The van der Waals surface area contributed by atoms with E-state index < -0.39 is 70.2 Å². The molecule has 1 unspecified atom stereocenters. The average Bonchev–Trinajstić information content (AvgIpc) is 2.83. The van der Waals surface area contributed by atoms with Crippen LogP contribution in [0.2, 0.25) is 0 Å². The van der Waals surface area contributed by atoms with Crippen LogP contribution in [-0.2, 0) is 14.3 Å². The number of benzene rings is 1. The Hall–Kier alpha value is -0.698. The monoisotopic (exact) mass is 729 g/mol. The molecular formula is C27H34AcO9. The number of fused-ring (bicyclic) bond motifs is 5. The summed E-state index contributed by atoms with van der Waals surface area (Å²) in [6.07, 6.45) is -7.08. The number of hydrogen-bond acceptors (Lipinski definition) is 9. The molecule has 199 valence electrons. The van der Waals surface area contributed by atoms with Gasteiger partial charge in [-0.2, -0.15) is 0 Å². The summed E-state index contributed by atoms with van der Waals surface area (Å²) < 4.78 is 11.6. The molecule has 0 amide bonds. The summed E-state index contributed by atoms with van der Waals surface area (Å²) in [5.41, 5.74) is -6.24. The number of carbonyl (C=O) groups excluding carboxylic acids is 2. The number of ether oxygens (including phenoxy) is 2. The van der Waals surface area contributed by atoms with Gasteiger partial charge in [0.2, 0.25) is 0 Å². The van der Waals surface area contributed by atoms with Crippen LogP contribution in [0, 0.1) is 60.8 Å². The van der Waals surface area contributed by atoms with Crippen LogP contribution >= 0.6 is 0 Å². The van der Waals surface area contributed by atoms with E-state index in [2.05, 4.69) is 0 Å². The first-order chi connectivity index (χ1) is 16.7. The minimum Gasteiger partial charge on any atom is -0.455 e. The van der Waals surface area contributed by atoms with Crippen molar-refractivity contribution in [2.24, 2.45) is 16.7 Å². The van der Waals surface area contributed by atoms with Crippen molar-refractivity contribution in [2.75, 3.05) is 6.61 Å². The molecule has 0 spiro atoms.